The number of aromatic nitrogens is 2. The molecule has 1 aromatic carbocycles. The Morgan fingerprint density at radius 3 is 2.53 bits per heavy atom. The van der Waals surface area contributed by atoms with Crippen LogP contribution in [0.25, 0.3) is 5.76 Å². The number of rotatable bonds is 5. The van der Waals surface area contributed by atoms with E-state index < -0.39 is 17.7 Å². The summed E-state index contributed by atoms with van der Waals surface area (Å²) in [6.07, 6.45) is 2.96. The van der Waals surface area contributed by atoms with Crippen LogP contribution >= 0.6 is 11.3 Å². The number of benzene rings is 1. The number of amides is 1. The summed E-state index contributed by atoms with van der Waals surface area (Å²) in [5.74, 6) is -1.66. The molecule has 2 aromatic heterocycles. The normalized spacial score (nSPS) is 17.6. The van der Waals surface area contributed by atoms with E-state index in [1.807, 2.05) is 0 Å². The Balaban J connectivity index is 1.96. The molecule has 1 atom stereocenters. The Morgan fingerprint density at radius 2 is 1.91 bits per heavy atom. The number of carbonyl (C=O) groups excluding carboxylic acids is 3. The molecule has 3 aromatic rings. The number of carbonyl (C=O) groups is 3. The smallest absolute Gasteiger partial charge is 0.301 e. The van der Waals surface area contributed by atoms with Crippen molar-refractivity contribution in [2.45, 2.75) is 19.9 Å². The second kappa shape index (κ2) is 8.35. The van der Waals surface area contributed by atoms with E-state index in [1.165, 1.54) is 31.3 Å². The lowest BCUT2D eigenvalue weighted by atomic mass is 9.95. The Kier molecular flexibility index (Phi) is 5.58. The molecule has 3 heterocycles. The lowest BCUT2D eigenvalue weighted by Crippen LogP contribution is -2.29. The summed E-state index contributed by atoms with van der Waals surface area (Å²) in [4.78, 5) is 48.2. The van der Waals surface area contributed by atoms with Crippen LogP contribution in [-0.2, 0) is 9.59 Å². The van der Waals surface area contributed by atoms with E-state index in [0.29, 0.717) is 27.4 Å². The summed E-state index contributed by atoms with van der Waals surface area (Å²) in [5.41, 5.74) is 1.30. The Hall–Kier alpha value is -3.85. The number of hydrogen-bond acceptors (Lipinski definition) is 8. The number of aliphatic hydroxyl groups excluding tert-OH is 1. The second-order valence-electron chi connectivity index (χ2n) is 7.15. The number of aryl methyl sites for hydroxylation is 1. The number of methoxy groups -OCH3 is 1. The van der Waals surface area contributed by atoms with Gasteiger partial charge in [0.15, 0.2) is 10.9 Å². The van der Waals surface area contributed by atoms with E-state index in [9.17, 15) is 19.5 Å². The number of aliphatic hydroxyl groups is 1. The highest BCUT2D eigenvalue weighted by Gasteiger charge is 2.48. The van der Waals surface area contributed by atoms with Gasteiger partial charge in [0.05, 0.1) is 29.3 Å². The zero-order valence-corrected chi connectivity index (χ0v) is 18.3. The van der Waals surface area contributed by atoms with E-state index in [0.717, 1.165) is 11.3 Å². The molecule has 1 aliphatic heterocycles. The van der Waals surface area contributed by atoms with Crippen LogP contribution in [0.3, 0.4) is 0 Å². The van der Waals surface area contributed by atoms with Crippen molar-refractivity contribution < 1.29 is 24.2 Å². The van der Waals surface area contributed by atoms with Gasteiger partial charge in [0.2, 0.25) is 0 Å². The molecular weight excluding hydrogens is 430 g/mol. The van der Waals surface area contributed by atoms with Crippen molar-refractivity contribution in [3.05, 3.63) is 76.1 Å². The Morgan fingerprint density at radius 1 is 1.19 bits per heavy atom. The van der Waals surface area contributed by atoms with Crippen molar-refractivity contribution in [2.24, 2.45) is 0 Å². The predicted octanol–water partition coefficient (Wildman–Crippen LogP) is 3.68. The van der Waals surface area contributed by atoms with Crippen LogP contribution < -0.4 is 9.64 Å². The molecule has 1 fully saturated rings. The average molecular weight is 449 g/mol. The summed E-state index contributed by atoms with van der Waals surface area (Å²) in [6.45, 7) is 3.09. The lowest BCUT2D eigenvalue weighted by Gasteiger charge is -2.23. The maximum absolute atomic E-state index is 13.1. The third kappa shape index (κ3) is 3.56. The second-order valence-corrected chi connectivity index (χ2v) is 8.13. The van der Waals surface area contributed by atoms with Crippen molar-refractivity contribution in [2.75, 3.05) is 12.0 Å². The Labute approximate surface area is 187 Å². The molecule has 8 nitrogen and oxygen atoms in total. The van der Waals surface area contributed by atoms with E-state index in [4.69, 9.17) is 4.74 Å². The predicted molar refractivity (Wildman–Crippen MR) is 119 cm³/mol. The van der Waals surface area contributed by atoms with Gasteiger partial charge >= 0.3 is 5.91 Å². The van der Waals surface area contributed by atoms with Crippen molar-refractivity contribution >= 4 is 39.7 Å². The number of pyridine rings is 1. The fraction of sp³-hybridized carbons (Fsp3) is 0.174. The minimum atomic E-state index is -0.955. The molecule has 0 bridgehead atoms. The first-order valence-electron chi connectivity index (χ1n) is 9.67. The van der Waals surface area contributed by atoms with Gasteiger partial charge in [-0.1, -0.05) is 23.5 Å². The molecule has 1 N–H and O–H groups in total. The molecule has 162 valence electrons. The SMILES string of the molecule is COc1cccc(C2/C(=C(\O)c3ccncc3)C(=O)C(=O)N2c2nc(C)c(C(C)=O)s2)c1. The number of nitrogens with zero attached hydrogens (tertiary/aromatic N) is 3. The van der Waals surface area contributed by atoms with Gasteiger partial charge in [-0.15, -0.1) is 0 Å². The highest BCUT2D eigenvalue weighted by atomic mass is 32.1. The fourth-order valence-electron chi connectivity index (χ4n) is 3.63. The maximum Gasteiger partial charge on any atom is 0.301 e. The minimum absolute atomic E-state index is 0.0771. The van der Waals surface area contributed by atoms with Gasteiger partial charge in [0, 0.05) is 24.9 Å². The zero-order valence-electron chi connectivity index (χ0n) is 17.5. The summed E-state index contributed by atoms with van der Waals surface area (Å²) in [5, 5.41) is 11.2. The maximum atomic E-state index is 13.1. The van der Waals surface area contributed by atoms with Crippen LogP contribution in [0.15, 0.2) is 54.4 Å². The average Bonchev–Trinajstić information content (AvgIpc) is 3.31. The molecule has 32 heavy (non-hydrogen) atoms. The largest absolute Gasteiger partial charge is 0.507 e. The van der Waals surface area contributed by atoms with Gasteiger partial charge in [-0.2, -0.15) is 0 Å². The van der Waals surface area contributed by atoms with Gasteiger partial charge in [-0.25, -0.2) is 4.98 Å². The van der Waals surface area contributed by atoms with E-state index in [1.54, 1.807) is 43.3 Å². The highest BCUT2D eigenvalue weighted by Crippen LogP contribution is 2.44. The van der Waals surface area contributed by atoms with E-state index in [2.05, 4.69) is 9.97 Å². The van der Waals surface area contributed by atoms with Crippen LogP contribution in [0.2, 0.25) is 0 Å². The molecule has 4 rings (SSSR count). The van der Waals surface area contributed by atoms with Gasteiger partial charge in [0.25, 0.3) is 5.78 Å². The lowest BCUT2D eigenvalue weighted by molar-refractivity contribution is -0.132. The molecule has 0 saturated carbocycles. The molecule has 0 aliphatic carbocycles. The van der Waals surface area contributed by atoms with Crippen LogP contribution in [0.5, 0.6) is 5.75 Å². The van der Waals surface area contributed by atoms with Crippen LogP contribution in [0.4, 0.5) is 5.13 Å². The van der Waals surface area contributed by atoms with Crippen molar-refractivity contribution in [3.63, 3.8) is 0 Å². The summed E-state index contributed by atoms with van der Waals surface area (Å²) in [7, 11) is 1.51. The summed E-state index contributed by atoms with van der Waals surface area (Å²) >= 11 is 1.04. The van der Waals surface area contributed by atoms with Gasteiger partial charge in [0.1, 0.15) is 11.5 Å². The standard InChI is InChI=1S/C23H19N3O5S/c1-12-21(13(2)27)32-23(25-12)26-18(15-5-4-6-16(11-15)31-3)17(20(29)22(26)30)19(28)14-7-9-24-10-8-14/h4-11,18,28H,1-3H3/b19-17+. The number of hydrogen-bond donors (Lipinski definition) is 1. The highest BCUT2D eigenvalue weighted by molar-refractivity contribution is 7.18. The van der Waals surface area contributed by atoms with Crippen LogP contribution in [0, 0.1) is 6.92 Å². The topological polar surface area (TPSA) is 110 Å². The van der Waals surface area contributed by atoms with Crippen LogP contribution in [-0.4, -0.2) is 39.7 Å². The summed E-state index contributed by atoms with van der Waals surface area (Å²) in [6, 6.07) is 9.03. The molecule has 1 aliphatic rings. The number of ether oxygens (including phenoxy) is 1. The van der Waals surface area contributed by atoms with Gasteiger partial charge in [-0.3, -0.25) is 24.3 Å². The molecule has 1 unspecified atom stereocenters. The van der Waals surface area contributed by atoms with Crippen molar-refractivity contribution in [1.29, 1.82) is 0 Å². The number of ketones is 2. The number of Topliss-reactive ketones (excluding diaryl/α,β-unsaturated/α-hetero) is 2. The Bertz CT molecular complexity index is 1270. The number of thiazole rings is 1. The monoisotopic (exact) mass is 449 g/mol. The first kappa shape index (κ1) is 21.4. The van der Waals surface area contributed by atoms with Crippen molar-refractivity contribution in [1.82, 2.24) is 9.97 Å². The minimum Gasteiger partial charge on any atom is -0.507 e. The summed E-state index contributed by atoms with van der Waals surface area (Å²) < 4.78 is 5.31. The molecule has 0 radical (unpaired) electrons. The molecule has 0 spiro atoms. The molecular formula is C23H19N3O5S. The van der Waals surface area contributed by atoms with Crippen LogP contribution in [0.1, 0.15) is 39.5 Å². The first-order chi connectivity index (χ1) is 15.3. The molecule has 9 heteroatoms. The third-order valence-electron chi connectivity index (χ3n) is 5.12. The first-order valence-corrected chi connectivity index (χ1v) is 10.5. The van der Waals surface area contributed by atoms with Gasteiger partial charge < -0.3 is 9.84 Å². The third-order valence-corrected chi connectivity index (χ3v) is 6.38. The number of anilines is 1. The molecule has 1 amide bonds. The molecule has 1 saturated heterocycles. The van der Waals surface area contributed by atoms with Crippen molar-refractivity contribution in [3.8, 4) is 5.75 Å². The van der Waals surface area contributed by atoms with Gasteiger partial charge in [-0.05, 0) is 36.8 Å². The van der Waals surface area contributed by atoms with E-state index in [-0.39, 0.29) is 22.2 Å². The fourth-order valence-corrected chi connectivity index (χ4v) is 4.62. The zero-order chi connectivity index (χ0) is 23.0. The quantitative estimate of drug-likeness (QED) is 0.274. The van der Waals surface area contributed by atoms with E-state index >= 15 is 0 Å².